The first-order valence-electron chi connectivity index (χ1n) is 12.6. The van der Waals surface area contributed by atoms with E-state index in [1.807, 2.05) is 50.2 Å². The Labute approximate surface area is 236 Å². The summed E-state index contributed by atoms with van der Waals surface area (Å²) in [6.45, 7) is 7.33. The Kier molecular flexibility index (Phi) is 10.4. The molecular formula is C28H31F3N4O5S. The molecule has 9 nitrogen and oxygen atoms in total. The molecule has 3 aromatic carbocycles. The number of carbonyl (C=O) groups is 2. The maximum atomic E-state index is 13.2. The molecule has 1 aliphatic rings. The number of aryl methyl sites for hydroxylation is 2. The van der Waals surface area contributed by atoms with Crippen LogP contribution in [0.3, 0.4) is 0 Å². The summed E-state index contributed by atoms with van der Waals surface area (Å²) in [5.41, 5.74) is 4.47. The lowest BCUT2D eigenvalue weighted by Crippen LogP contribution is -2.43. The Bertz CT molecular complexity index is 1480. The zero-order chi connectivity index (χ0) is 30.2. The lowest BCUT2D eigenvalue weighted by molar-refractivity contribution is -0.192. The smallest absolute Gasteiger partial charge is 0.475 e. The minimum absolute atomic E-state index is 0.195. The SMILES string of the molecule is Cc1ccc(S(=O)(=O)Nc2cc(C(=O)NCc3ccccc3)ccc2N2CCNCC2)cc1C.O=C(O)C(F)(F)F. The average Bonchev–Trinajstić information content (AvgIpc) is 2.93. The number of amides is 1. The van der Waals surface area contributed by atoms with Gasteiger partial charge in [0.2, 0.25) is 0 Å². The van der Waals surface area contributed by atoms with E-state index in [9.17, 15) is 26.4 Å². The number of hydrogen-bond acceptors (Lipinski definition) is 6. The Morgan fingerprint density at radius 1 is 0.951 bits per heavy atom. The molecule has 0 spiro atoms. The fourth-order valence-electron chi connectivity index (χ4n) is 3.91. The van der Waals surface area contributed by atoms with Crippen LogP contribution in [0.2, 0.25) is 0 Å². The fraction of sp³-hybridized carbons (Fsp3) is 0.286. The fourth-order valence-corrected chi connectivity index (χ4v) is 5.06. The summed E-state index contributed by atoms with van der Waals surface area (Å²) in [4.78, 5) is 24.1. The van der Waals surface area contributed by atoms with Crippen molar-refractivity contribution in [1.29, 1.82) is 0 Å². The molecule has 1 fully saturated rings. The zero-order valence-electron chi connectivity index (χ0n) is 22.5. The second-order valence-electron chi connectivity index (χ2n) is 9.29. The van der Waals surface area contributed by atoms with Gasteiger partial charge in [0, 0.05) is 38.3 Å². The average molecular weight is 593 g/mol. The number of carboxylic acids is 1. The molecular weight excluding hydrogens is 561 g/mol. The molecule has 4 rings (SSSR count). The number of halogens is 3. The van der Waals surface area contributed by atoms with E-state index in [0.717, 1.165) is 48.6 Å². The highest BCUT2D eigenvalue weighted by atomic mass is 32.2. The first-order chi connectivity index (χ1) is 19.3. The molecule has 0 aromatic heterocycles. The van der Waals surface area contributed by atoms with E-state index < -0.39 is 22.2 Å². The predicted octanol–water partition coefficient (Wildman–Crippen LogP) is 4.08. The quantitative estimate of drug-likeness (QED) is 0.326. The highest BCUT2D eigenvalue weighted by molar-refractivity contribution is 7.92. The maximum Gasteiger partial charge on any atom is 0.490 e. The Morgan fingerprint density at radius 3 is 2.17 bits per heavy atom. The Balaban J connectivity index is 0.000000587. The normalized spacial score (nSPS) is 13.5. The number of nitrogens with one attached hydrogen (secondary N) is 3. The van der Waals surface area contributed by atoms with E-state index in [-0.39, 0.29) is 10.8 Å². The van der Waals surface area contributed by atoms with Gasteiger partial charge in [-0.2, -0.15) is 13.2 Å². The third-order valence-corrected chi connectivity index (χ3v) is 7.65. The minimum Gasteiger partial charge on any atom is -0.475 e. The van der Waals surface area contributed by atoms with Crippen molar-refractivity contribution in [1.82, 2.24) is 10.6 Å². The Hall–Kier alpha value is -4.10. The monoisotopic (exact) mass is 592 g/mol. The number of sulfonamides is 1. The Morgan fingerprint density at radius 2 is 1.59 bits per heavy atom. The molecule has 0 aliphatic carbocycles. The van der Waals surface area contributed by atoms with Gasteiger partial charge in [0.15, 0.2) is 0 Å². The number of nitrogens with zero attached hydrogens (tertiary/aromatic N) is 1. The van der Waals surface area contributed by atoms with E-state index in [4.69, 9.17) is 9.90 Å². The largest absolute Gasteiger partial charge is 0.490 e. The van der Waals surface area contributed by atoms with Gasteiger partial charge in [-0.1, -0.05) is 36.4 Å². The lowest BCUT2D eigenvalue weighted by atomic mass is 10.1. The zero-order valence-corrected chi connectivity index (χ0v) is 23.3. The van der Waals surface area contributed by atoms with Gasteiger partial charge < -0.3 is 20.6 Å². The third kappa shape index (κ3) is 8.95. The van der Waals surface area contributed by atoms with Gasteiger partial charge in [-0.25, -0.2) is 13.2 Å². The van der Waals surface area contributed by atoms with E-state index in [0.29, 0.717) is 17.8 Å². The lowest BCUT2D eigenvalue weighted by Gasteiger charge is -2.31. The number of benzene rings is 3. The molecule has 1 aliphatic heterocycles. The second kappa shape index (κ2) is 13.5. The van der Waals surface area contributed by atoms with Crippen LogP contribution in [-0.4, -0.2) is 57.8 Å². The molecule has 1 heterocycles. The molecule has 0 radical (unpaired) electrons. The van der Waals surface area contributed by atoms with Crippen LogP contribution in [0.1, 0.15) is 27.0 Å². The van der Waals surface area contributed by atoms with Crippen LogP contribution in [0.4, 0.5) is 24.5 Å². The van der Waals surface area contributed by atoms with Crippen molar-refractivity contribution >= 4 is 33.3 Å². The molecule has 0 saturated carbocycles. The number of hydrogen-bond donors (Lipinski definition) is 4. The van der Waals surface area contributed by atoms with E-state index in [2.05, 4.69) is 20.3 Å². The number of anilines is 2. The standard InChI is InChI=1S/C26H30N4O3S.C2HF3O2/c1-19-8-10-23(16-20(19)2)34(32,33)29-24-17-22(9-11-25(24)30-14-12-27-13-15-30)26(31)28-18-21-6-4-3-5-7-21;3-2(4,5)1(6)7/h3-11,16-17,27,29H,12-15,18H2,1-2H3,(H,28,31);(H,6,7). The number of carbonyl (C=O) groups excluding carboxylic acids is 1. The van der Waals surface area contributed by atoms with Gasteiger partial charge in [0.1, 0.15) is 0 Å². The molecule has 41 heavy (non-hydrogen) atoms. The summed E-state index contributed by atoms with van der Waals surface area (Å²) < 4.78 is 61.0. The van der Waals surface area contributed by atoms with Gasteiger partial charge in [-0.3, -0.25) is 9.52 Å². The number of carboxylic acid groups (broad SMARTS) is 1. The van der Waals surface area contributed by atoms with Gasteiger partial charge in [0.05, 0.1) is 16.3 Å². The van der Waals surface area contributed by atoms with Crippen molar-refractivity contribution in [2.24, 2.45) is 0 Å². The predicted molar refractivity (Wildman–Crippen MR) is 150 cm³/mol. The van der Waals surface area contributed by atoms with Crippen LogP contribution in [0.5, 0.6) is 0 Å². The van der Waals surface area contributed by atoms with E-state index in [1.165, 1.54) is 0 Å². The molecule has 1 amide bonds. The van der Waals surface area contributed by atoms with Crippen molar-refractivity contribution in [2.75, 3.05) is 35.8 Å². The summed E-state index contributed by atoms with van der Waals surface area (Å²) in [5, 5.41) is 13.3. The number of alkyl halides is 3. The van der Waals surface area contributed by atoms with Crippen LogP contribution >= 0.6 is 0 Å². The topological polar surface area (TPSA) is 128 Å². The van der Waals surface area contributed by atoms with Crippen molar-refractivity contribution < 1.29 is 36.3 Å². The van der Waals surface area contributed by atoms with Gasteiger partial charge in [-0.15, -0.1) is 0 Å². The van der Waals surface area contributed by atoms with E-state index in [1.54, 1.807) is 30.3 Å². The summed E-state index contributed by atoms with van der Waals surface area (Å²) in [6.07, 6.45) is -5.08. The molecule has 0 bridgehead atoms. The first kappa shape index (κ1) is 31.4. The second-order valence-corrected chi connectivity index (χ2v) is 11.0. The summed E-state index contributed by atoms with van der Waals surface area (Å²) in [6, 6.07) is 19.9. The van der Waals surface area contributed by atoms with Crippen molar-refractivity contribution in [3.63, 3.8) is 0 Å². The maximum absolute atomic E-state index is 13.2. The summed E-state index contributed by atoms with van der Waals surface area (Å²) in [5.74, 6) is -3.02. The number of rotatable bonds is 7. The van der Waals surface area contributed by atoms with Crippen LogP contribution in [0.25, 0.3) is 0 Å². The van der Waals surface area contributed by atoms with Crippen LogP contribution < -0.4 is 20.3 Å². The van der Waals surface area contributed by atoms with Crippen molar-refractivity contribution in [3.05, 3.63) is 89.0 Å². The molecule has 1 saturated heterocycles. The summed E-state index contributed by atoms with van der Waals surface area (Å²) >= 11 is 0. The number of aliphatic carboxylic acids is 1. The third-order valence-electron chi connectivity index (χ3n) is 6.29. The highest BCUT2D eigenvalue weighted by Crippen LogP contribution is 2.30. The minimum atomic E-state index is -5.08. The molecule has 0 unspecified atom stereocenters. The van der Waals surface area contributed by atoms with Crippen molar-refractivity contribution in [2.45, 2.75) is 31.5 Å². The summed E-state index contributed by atoms with van der Waals surface area (Å²) in [7, 11) is -3.84. The molecule has 0 atom stereocenters. The van der Waals surface area contributed by atoms with Gasteiger partial charge in [0.25, 0.3) is 15.9 Å². The molecule has 3 aromatic rings. The van der Waals surface area contributed by atoms with Gasteiger partial charge in [-0.05, 0) is 60.9 Å². The molecule has 13 heteroatoms. The van der Waals surface area contributed by atoms with Crippen LogP contribution in [0.15, 0.2) is 71.6 Å². The van der Waals surface area contributed by atoms with Crippen LogP contribution in [-0.2, 0) is 21.4 Å². The van der Waals surface area contributed by atoms with Crippen molar-refractivity contribution in [3.8, 4) is 0 Å². The van der Waals surface area contributed by atoms with Gasteiger partial charge >= 0.3 is 12.1 Å². The van der Waals surface area contributed by atoms with E-state index >= 15 is 0 Å². The molecule has 4 N–H and O–H groups in total. The number of piperazine rings is 1. The van der Waals surface area contributed by atoms with Crippen LogP contribution in [0, 0.1) is 13.8 Å². The molecule has 220 valence electrons. The highest BCUT2D eigenvalue weighted by Gasteiger charge is 2.38. The first-order valence-corrected chi connectivity index (χ1v) is 14.1.